The molecule has 1 N–H and O–H groups in total. The topological polar surface area (TPSA) is 88.6 Å². The number of sulfonamides is 1. The minimum atomic E-state index is -3.57. The van der Waals surface area contributed by atoms with Crippen LogP contribution in [0.2, 0.25) is 0 Å². The van der Waals surface area contributed by atoms with Crippen molar-refractivity contribution in [3.05, 3.63) is 36.5 Å². The summed E-state index contributed by atoms with van der Waals surface area (Å²) in [7, 11) is -2.07. The standard InChI is InChI=1S/C12H17N3O4S/c1-14(8-11-3-6-19-10-11)20(17,18)12-7-13-15(9-12)4-2-5-16/h3,6-7,9-10,16H,2,4-5,8H2,1H3. The molecule has 0 saturated carbocycles. The number of hydrogen-bond acceptors (Lipinski definition) is 5. The molecule has 0 radical (unpaired) electrons. The zero-order valence-corrected chi connectivity index (χ0v) is 12.0. The Hall–Kier alpha value is -1.64. The predicted octanol–water partition coefficient (Wildman–Crippen LogP) is 0.679. The third kappa shape index (κ3) is 3.27. The summed E-state index contributed by atoms with van der Waals surface area (Å²) in [6.07, 6.45) is 6.33. The third-order valence-electron chi connectivity index (χ3n) is 2.85. The number of nitrogens with zero attached hydrogens (tertiary/aromatic N) is 3. The molecular formula is C12H17N3O4S. The highest BCUT2D eigenvalue weighted by Crippen LogP contribution is 2.16. The van der Waals surface area contributed by atoms with Gasteiger partial charge in [0.1, 0.15) is 4.90 Å². The lowest BCUT2D eigenvalue weighted by Gasteiger charge is -2.14. The van der Waals surface area contributed by atoms with Crippen molar-refractivity contribution in [3.8, 4) is 0 Å². The van der Waals surface area contributed by atoms with E-state index in [1.807, 2.05) is 0 Å². The lowest BCUT2D eigenvalue weighted by molar-refractivity contribution is 0.277. The van der Waals surface area contributed by atoms with Gasteiger partial charge >= 0.3 is 0 Å². The molecule has 2 rings (SSSR count). The highest BCUT2D eigenvalue weighted by molar-refractivity contribution is 7.89. The molecule has 0 aliphatic carbocycles. The predicted molar refractivity (Wildman–Crippen MR) is 71.3 cm³/mol. The first-order valence-corrected chi connectivity index (χ1v) is 7.59. The molecule has 20 heavy (non-hydrogen) atoms. The molecule has 0 atom stereocenters. The van der Waals surface area contributed by atoms with E-state index in [-0.39, 0.29) is 18.0 Å². The molecule has 7 nitrogen and oxygen atoms in total. The molecule has 0 fully saturated rings. The average molecular weight is 299 g/mol. The molecule has 0 amide bonds. The van der Waals surface area contributed by atoms with E-state index in [2.05, 4.69) is 5.10 Å². The van der Waals surface area contributed by atoms with Crippen LogP contribution in [0.1, 0.15) is 12.0 Å². The minimum Gasteiger partial charge on any atom is -0.472 e. The number of hydrogen-bond donors (Lipinski definition) is 1. The van der Waals surface area contributed by atoms with Gasteiger partial charge in [-0.15, -0.1) is 0 Å². The van der Waals surface area contributed by atoms with Crippen LogP contribution in [0.3, 0.4) is 0 Å². The number of aromatic nitrogens is 2. The molecule has 110 valence electrons. The van der Waals surface area contributed by atoms with Crippen LogP contribution in [0.4, 0.5) is 0 Å². The first-order chi connectivity index (χ1) is 9.54. The van der Waals surface area contributed by atoms with Gasteiger partial charge in [-0.3, -0.25) is 4.68 Å². The van der Waals surface area contributed by atoms with Crippen molar-refractivity contribution < 1.29 is 17.9 Å². The number of aliphatic hydroxyl groups is 1. The summed E-state index contributed by atoms with van der Waals surface area (Å²) in [4.78, 5) is 0.140. The zero-order chi connectivity index (χ0) is 14.6. The van der Waals surface area contributed by atoms with E-state index >= 15 is 0 Å². The van der Waals surface area contributed by atoms with Crippen LogP contribution in [-0.2, 0) is 23.1 Å². The molecule has 0 unspecified atom stereocenters. The second-order valence-electron chi connectivity index (χ2n) is 4.41. The lowest BCUT2D eigenvalue weighted by Crippen LogP contribution is -2.26. The fraction of sp³-hybridized carbons (Fsp3) is 0.417. The van der Waals surface area contributed by atoms with Gasteiger partial charge in [0.15, 0.2) is 0 Å². The van der Waals surface area contributed by atoms with Gasteiger partial charge in [-0.05, 0) is 12.5 Å². The average Bonchev–Trinajstić information content (AvgIpc) is 3.07. The second-order valence-corrected chi connectivity index (χ2v) is 6.45. The summed E-state index contributed by atoms with van der Waals surface area (Å²) < 4.78 is 32.3. The van der Waals surface area contributed by atoms with Gasteiger partial charge in [0.2, 0.25) is 10.0 Å². The maximum atomic E-state index is 12.3. The summed E-state index contributed by atoms with van der Waals surface area (Å²) in [5.74, 6) is 0. The van der Waals surface area contributed by atoms with Gasteiger partial charge in [0, 0.05) is 38.5 Å². The van der Waals surface area contributed by atoms with Gasteiger partial charge in [0.25, 0.3) is 0 Å². The summed E-state index contributed by atoms with van der Waals surface area (Å²) >= 11 is 0. The quantitative estimate of drug-likeness (QED) is 0.812. The van der Waals surface area contributed by atoms with E-state index in [0.717, 1.165) is 5.56 Å². The Morgan fingerprint density at radius 1 is 1.50 bits per heavy atom. The fourth-order valence-corrected chi connectivity index (χ4v) is 2.85. The molecule has 8 heteroatoms. The van der Waals surface area contributed by atoms with Crippen molar-refractivity contribution in [2.45, 2.75) is 24.4 Å². The molecule has 0 bridgehead atoms. The molecular weight excluding hydrogens is 282 g/mol. The summed E-state index contributed by atoms with van der Waals surface area (Å²) in [5.41, 5.74) is 0.781. The van der Waals surface area contributed by atoms with Crippen LogP contribution < -0.4 is 0 Å². The monoisotopic (exact) mass is 299 g/mol. The van der Waals surface area contributed by atoms with Gasteiger partial charge in [0.05, 0.1) is 18.7 Å². The van der Waals surface area contributed by atoms with Crippen molar-refractivity contribution in [1.29, 1.82) is 0 Å². The highest BCUT2D eigenvalue weighted by atomic mass is 32.2. The molecule has 0 aliphatic rings. The number of rotatable bonds is 7. The first kappa shape index (κ1) is 14.8. The van der Waals surface area contributed by atoms with Crippen LogP contribution in [0.15, 0.2) is 40.3 Å². The Kier molecular flexibility index (Phi) is 4.58. The third-order valence-corrected chi connectivity index (χ3v) is 4.60. The molecule has 0 saturated heterocycles. The molecule has 2 aromatic rings. The molecule has 2 heterocycles. The van der Waals surface area contributed by atoms with Gasteiger partial charge in [-0.1, -0.05) is 0 Å². The summed E-state index contributed by atoms with van der Waals surface area (Å²) in [6.45, 7) is 0.764. The van der Waals surface area contributed by atoms with E-state index in [0.29, 0.717) is 13.0 Å². The smallest absolute Gasteiger partial charge is 0.246 e. The molecule has 0 aromatic carbocycles. The Labute approximate surface area is 117 Å². The Bertz CT molecular complexity index is 633. The second kappa shape index (κ2) is 6.21. The molecule has 0 aliphatic heterocycles. The highest BCUT2D eigenvalue weighted by Gasteiger charge is 2.22. The van der Waals surface area contributed by atoms with Crippen molar-refractivity contribution >= 4 is 10.0 Å². The summed E-state index contributed by atoms with van der Waals surface area (Å²) in [6, 6.07) is 1.72. The summed E-state index contributed by atoms with van der Waals surface area (Å²) in [5, 5.41) is 12.7. The van der Waals surface area contributed by atoms with Crippen LogP contribution in [0.5, 0.6) is 0 Å². The fourth-order valence-electron chi connectivity index (χ4n) is 1.74. The van der Waals surface area contributed by atoms with Crippen LogP contribution in [0, 0.1) is 0 Å². The van der Waals surface area contributed by atoms with Gasteiger partial charge in [-0.2, -0.15) is 9.40 Å². The van der Waals surface area contributed by atoms with E-state index < -0.39 is 10.0 Å². The number of aliphatic hydroxyl groups excluding tert-OH is 1. The first-order valence-electron chi connectivity index (χ1n) is 6.15. The zero-order valence-electron chi connectivity index (χ0n) is 11.1. The SMILES string of the molecule is CN(Cc1ccoc1)S(=O)(=O)c1cnn(CCCO)c1. The van der Waals surface area contributed by atoms with Gasteiger partial charge in [-0.25, -0.2) is 8.42 Å². The van der Waals surface area contributed by atoms with Crippen molar-refractivity contribution in [1.82, 2.24) is 14.1 Å². The number of furan rings is 1. The normalized spacial score (nSPS) is 12.2. The van der Waals surface area contributed by atoms with E-state index in [9.17, 15) is 8.42 Å². The van der Waals surface area contributed by atoms with Crippen molar-refractivity contribution in [3.63, 3.8) is 0 Å². The Morgan fingerprint density at radius 2 is 2.30 bits per heavy atom. The van der Waals surface area contributed by atoms with Crippen LogP contribution in [0.25, 0.3) is 0 Å². The van der Waals surface area contributed by atoms with Gasteiger partial charge < -0.3 is 9.52 Å². The van der Waals surface area contributed by atoms with Crippen LogP contribution in [-0.4, -0.2) is 41.3 Å². The molecule has 2 aromatic heterocycles. The largest absolute Gasteiger partial charge is 0.472 e. The van der Waals surface area contributed by atoms with Crippen molar-refractivity contribution in [2.75, 3.05) is 13.7 Å². The van der Waals surface area contributed by atoms with E-state index in [4.69, 9.17) is 9.52 Å². The van der Waals surface area contributed by atoms with E-state index in [1.165, 1.54) is 41.0 Å². The Morgan fingerprint density at radius 3 is 2.95 bits per heavy atom. The minimum absolute atomic E-state index is 0.0440. The van der Waals surface area contributed by atoms with Crippen molar-refractivity contribution in [2.24, 2.45) is 0 Å². The Balaban J connectivity index is 2.10. The van der Waals surface area contributed by atoms with Crippen LogP contribution >= 0.6 is 0 Å². The number of aryl methyl sites for hydroxylation is 1. The lowest BCUT2D eigenvalue weighted by atomic mass is 10.3. The maximum absolute atomic E-state index is 12.3. The maximum Gasteiger partial charge on any atom is 0.246 e. The molecule has 0 spiro atoms. The van der Waals surface area contributed by atoms with E-state index in [1.54, 1.807) is 6.07 Å².